The van der Waals surface area contributed by atoms with E-state index in [1.807, 2.05) is 16.9 Å². The Morgan fingerprint density at radius 2 is 2.26 bits per heavy atom. The molecule has 0 bridgehead atoms. The largest absolute Gasteiger partial charge is 0.392 e. The predicted octanol–water partition coefficient (Wildman–Crippen LogP) is 1.83. The Morgan fingerprint density at radius 3 is 3.05 bits per heavy atom. The Labute approximate surface area is 113 Å². The molecular weight excluding hydrogens is 238 g/mol. The Balaban J connectivity index is 1.73. The first-order valence-electron chi connectivity index (χ1n) is 6.80. The van der Waals surface area contributed by atoms with Crippen LogP contribution < -0.4 is 0 Å². The Morgan fingerprint density at radius 1 is 1.32 bits per heavy atom. The number of hydrogen-bond acceptors (Lipinski definition) is 3. The van der Waals surface area contributed by atoms with E-state index in [2.05, 4.69) is 34.3 Å². The lowest BCUT2D eigenvalue weighted by molar-refractivity contribution is 0.0668. The van der Waals surface area contributed by atoms with Crippen LogP contribution in [0.4, 0.5) is 0 Å². The van der Waals surface area contributed by atoms with Crippen LogP contribution in [-0.2, 0) is 6.54 Å². The minimum Gasteiger partial charge on any atom is -0.392 e. The maximum Gasteiger partial charge on any atom is 0.0667 e. The molecule has 0 saturated carbocycles. The minimum atomic E-state index is -0.164. The zero-order valence-electron chi connectivity index (χ0n) is 10.9. The third-order valence-corrected chi connectivity index (χ3v) is 3.57. The average molecular weight is 257 g/mol. The number of benzene rings is 1. The van der Waals surface area contributed by atoms with Gasteiger partial charge in [-0.15, -0.1) is 0 Å². The summed E-state index contributed by atoms with van der Waals surface area (Å²) >= 11 is 0. The van der Waals surface area contributed by atoms with Gasteiger partial charge in [-0.3, -0.25) is 4.90 Å². The molecule has 0 spiro atoms. The number of β-amino-alcohol motifs (C(OH)–C–C–N with tert-alkyl or cyclic N) is 1. The Bertz CT molecular complexity index is 524. The smallest absolute Gasteiger partial charge is 0.0667 e. The van der Waals surface area contributed by atoms with Gasteiger partial charge in [0.1, 0.15) is 0 Å². The first kappa shape index (κ1) is 12.4. The molecule has 1 saturated heterocycles. The highest BCUT2D eigenvalue weighted by Gasteiger charge is 2.17. The molecule has 4 nitrogen and oxygen atoms in total. The van der Waals surface area contributed by atoms with Crippen molar-refractivity contribution in [3.8, 4) is 5.69 Å². The van der Waals surface area contributed by atoms with Gasteiger partial charge >= 0.3 is 0 Å². The topological polar surface area (TPSA) is 41.3 Å². The number of aliphatic hydroxyl groups excluding tert-OH is 1. The lowest BCUT2D eigenvalue weighted by atomic mass is 10.1. The molecule has 3 rings (SSSR count). The van der Waals surface area contributed by atoms with Crippen molar-refractivity contribution in [1.29, 1.82) is 0 Å². The summed E-state index contributed by atoms with van der Waals surface area (Å²) in [5, 5.41) is 14.0. The van der Waals surface area contributed by atoms with Gasteiger partial charge in [-0.2, -0.15) is 5.10 Å². The molecule has 1 aliphatic heterocycles. The summed E-state index contributed by atoms with van der Waals surface area (Å²) in [5.41, 5.74) is 2.35. The fourth-order valence-electron chi connectivity index (χ4n) is 2.65. The summed E-state index contributed by atoms with van der Waals surface area (Å²) in [6.45, 7) is 2.75. The molecule has 2 aromatic rings. The van der Waals surface area contributed by atoms with E-state index in [-0.39, 0.29) is 6.10 Å². The van der Waals surface area contributed by atoms with Crippen molar-refractivity contribution in [3.05, 3.63) is 48.3 Å². The molecule has 4 heteroatoms. The van der Waals surface area contributed by atoms with E-state index in [0.717, 1.165) is 38.2 Å². The summed E-state index contributed by atoms with van der Waals surface area (Å²) in [7, 11) is 0. The lowest BCUT2D eigenvalue weighted by Gasteiger charge is -2.30. The van der Waals surface area contributed by atoms with Crippen molar-refractivity contribution < 1.29 is 5.11 Å². The van der Waals surface area contributed by atoms with Crippen molar-refractivity contribution in [2.45, 2.75) is 25.5 Å². The Hall–Kier alpha value is -1.65. The van der Waals surface area contributed by atoms with Crippen molar-refractivity contribution in [2.24, 2.45) is 0 Å². The summed E-state index contributed by atoms with van der Waals surface area (Å²) in [5.74, 6) is 0. The quantitative estimate of drug-likeness (QED) is 0.912. The molecule has 1 atom stereocenters. The molecule has 1 unspecified atom stereocenters. The van der Waals surface area contributed by atoms with Gasteiger partial charge in [0.15, 0.2) is 0 Å². The van der Waals surface area contributed by atoms with E-state index >= 15 is 0 Å². The highest BCUT2D eigenvalue weighted by Crippen LogP contribution is 2.15. The zero-order valence-corrected chi connectivity index (χ0v) is 10.9. The van der Waals surface area contributed by atoms with Gasteiger partial charge < -0.3 is 5.11 Å². The zero-order chi connectivity index (χ0) is 13.1. The van der Waals surface area contributed by atoms with Crippen LogP contribution in [0.1, 0.15) is 18.4 Å². The van der Waals surface area contributed by atoms with Crippen molar-refractivity contribution in [2.75, 3.05) is 13.1 Å². The van der Waals surface area contributed by atoms with Gasteiger partial charge in [-0.25, -0.2) is 4.68 Å². The van der Waals surface area contributed by atoms with Gasteiger partial charge in [0.05, 0.1) is 11.8 Å². The second-order valence-electron chi connectivity index (χ2n) is 5.15. The maximum absolute atomic E-state index is 9.71. The number of hydrogen-bond donors (Lipinski definition) is 1. The third-order valence-electron chi connectivity index (χ3n) is 3.57. The molecule has 0 amide bonds. The van der Waals surface area contributed by atoms with E-state index in [9.17, 15) is 5.11 Å². The number of nitrogens with zero attached hydrogens (tertiary/aromatic N) is 3. The lowest BCUT2D eigenvalue weighted by Crippen LogP contribution is -2.37. The second-order valence-corrected chi connectivity index (χ2v) is 5.15. The first-order valence-corrected chi connectivity index (χ1v) is 6.80. The van der Waals surface area contributed by atoms with Crippen LogP contribution >= 0.6 is 0 Å². The summed E-state index contributed by atoms with van der Waals surface area (Å²) < 4.78 is 1.87. The van der Waals surface area contributed by atoms with Crippen LogP contribution in [-0.4, -0.2) is 39.0 Å². The van der Waals surface area contributed by atoms with Crippen molar-refractivity contribution in [1.82, 2.24) is 14.7 Å². The number of aliphatic hydroxyl groups is 1. The normalized spacial score (nSPS) is 20.6. The second kappa shape index (κ2) is 5.55. The molecular formula is C15H19N3O. The Kier molecular flexibility index (Phi) is 3.62. The van der Waals surface area contributed by atoms with Crippen molar-refractivity contribution in [3.63, 3.8) is 0 Å². The standard InChI is InChI=1S/C15H19N3O/c19-15-6-2-8-17(12-15)11-13-4-1-5-14(10-13)18-9-3-7-16-18/h1,3-5,7,9-10,15,19H,2,6,8,11-12H2. The molecule has 100 valence electrons. The van der Waals surface area contributed by atoms with E-state index in [4.69, 9.17) is 0 Å². The van der Waals surface area contributed by atoms with Crippen LogP contribution in [0.5, 0.6) is 0 Å². The summed E-state index contributed by atoms with van der Waals surface area (Å²) in [6, 6.07) is 10.3. The molecule has 1 fully saturated rings. The fourth-order valence-corrected chi connectivity index (χ4v) is 2.65. The third kappa shape index (κ3) is 3.03. The molecule has 1 aromatic heterocycles. The first-order chi connectivity index (χ1) is 9.31. The predicted molar refractivity (Wildman–Crippen MR) is 74.1 cm³/mol. The van der Waals surface area contributed by atoms with Crippen LogP contribution in [0.2, 0.25) is 0 Å². The van der Waals surface area contributed by atoms with Gasteiger partial charge in [0, 0.05) is 25.5 Å². The van der Waals surface area contributed by atoms with Gasteiger partial charge in [-0.05, 0) is 43.1 Å². The summed E-state index contributed by atoms with van der Waals surface area (Å²) in [6.07, 6.45) is 5.59. The highest BCUT2D eigenvalue weighted by molar-refractivity contribution is 5.35. The van der Waals surface area contributed by atoms with Crippen LogP contribution in [0.3, 0.4) is 0 Å². The molecule has 2 heterocycles. The molecule has 1 aromatic carbocycles. The highest BCUT2D eigenvalue weighted by atomic mass is 16.3. The van der Waals surface area contributed by atoms with E-state index in [0.29, 0.717) is 0 Å². The number of piperidine rings is 1. The van der Waals surface area contributed by atoms with Gasteiger partial charge in [-0.1, -0.05) is 12.1 Å². The number of aromatic nitrogens is 2. The molecule has 0 aliphatic carbocycles. The van der Waals surface area contributed by atoms with E-state index < -0.39 is 0 Å². The molecule has 0 radical (unpaired) electrons. The number of rotatable bonds is 3. The monoisotopic (exact) mass is 257 g/mol. The van der Waals surface area contributed by atoms with E-state index in [1.165, 1.54) is 5.56 Å². The summed E-state index contributed by atoms with van der Waals surface area (Å²) in [4.78, 5) is 2.32. The SMILES string of the molecule is OC1CCCN(Cc2cccc(-n3cccn3)c2)C1. The molecule has 1 N–H and O–H groups in total. The van der Waals surface area contributed by atoms with Crippen LogP contribution in [0, 0.1) is 0 Å². The van der Waals surface area contributed by atoms with Crippen LogP contribution in [0.15, 0.2) is 42.7 Å². The van der Waals surface area contributed by atoms with Crippen LogP contribution in [0.25, 0.3) is 5.69 Å². The van der Waals surface area contributed by atoms with Gasteiger partial charge in [0.2, 0.25) is 0 Å². The van der Waals surface area contributed by atoms with Gasteiger partial charge in [0.25, 0.3) is 0 Å². The number of likely N-dealkylation sites (tertiary alicyclic amines) is 1. The minimum absolute atomic E-state index is 0.164. The van der Waals surface area contributed by atoms with E-state index in [1.54, 1.807) is 6.20 Å². The fraction of sp³-hybridized carbons (Fsp3) is 0.400. The molecule has 1 aliphatic rings. The maximum atomic E-state index is 9.71. The average Bonchev–Trinajstić information content (AvgIpc) is 2.93. The van der Waals surface area contributed by atoms with Crippen molar-refractivity contribution >= 4 is 0 Å². The molecule has 19 heavy (non-hydrogen) atoms.